The van der Waals surface area contributed by atoms with Crippen molar-refractivity contribution < 1.29 is 4.42 Å². The van der Waals surface area contributed by atoms with Gasteiger partial charge in [0.2, 0.25) is 0 Å². The molecule has 0 bridgehead atoms. The van der Waals surface area contributed by atoms with E-state index in [4.69, 9.17) is 16.0 Å². The molecule has 3 heteroatoms. The lowest BCUT2D eigenvalue weighted by atomic mass is 10.00. The van der Waals surface area contributed by atoms with Crippen molar-refractivity contribution in [3.8, 4) is 0 Å². The van der Waals surface area contributed by atoms with Crippen LogP contribution in [-0.4, -0.2) is 6.54 Å². The van der Waals surface area contributed by atoms with Gasteiger partial charge in [-0.2, -0.15) is 0 Å². The molecule has 1 aromatic carbocycles. The van der Waals surface area contributed by atoms with E-state index in [0.29, 0.717) is 5.22 Å². The number of halogens is 1. The van der Waals surface area contributed by atoms with Gasteiger partial charge in [-0.05, 0) is 54.2 Å². The van der Waals surface area contributed by atoms with E-state index in [-0.39, 0.29) is 6.04 Å². The Balaban J connectivity index is 2.28. The van der Waals surface area contributed by atoms with Crippen molar-refractivity contribution in [2.45, 2.75) is 39.2 Å². The Morgan fingerprint density at radius 3 is 2.65 bits per heavy atom. The Morgan fingerprint density at radius 1 is 1.15 bits per heavy atom. The maximum atomic E-state index is 5.91. The standard InChI is InChI=1S/C17H22ClNO/c1-3-6-13-7-5-8-14(12-13)17(19-11-4-2)15-9-10-16(18)20-15/h5,7-10,12,17,19H,3-4,6,11H2,1-2H3. The quantitative estimate of drug-likeness (QED) is 0.779. The lowest BCUT2D eigenvalue weighted by molar-refractivity contribution is 0.448. The van der Waals surface area contributed by atoms with E-state index >= 15 is 0 Å². The van der Waals surface area contributed by atoms with Crippen molar-refractivity contribution in [2.24, 2.45) is 0 Å². The van der Waals surface area contributed by atoms with Gasteiger partial charge >= 0.3 is 0 Å². The minimum atomic E-state index is 0.0688. The van der Waals surface area contributed by atoms with Crippen molar-refractivity contribution in [2.75, 3.05) is 6.54 Å². The smallest absolute Gasteiger partial charge is 0.193 e. The molecule has 2 nitrogen and oxygen atoms in total. The summed E-state index contributed by atoms with van der Waals surface area (Å²) in [6.07, 6.45) is 3.34. The van der Waals surface area contributed by atoms with Gasteiger partial charge in [0.1, 0.15) is 5.76 Å². The van der Waals surface area contributed by atoms with Crippen LogP contribution < -0.4 is 5.32 Å². The third-order valence-corrected chi connectivity index (χ3v) is 3.50. The van der Waals surface area contributed by atoms with Crippen molar-refractivity contribution >= 4 is 11.6 Å². The van der Waals surface area contributed by atoms with Crippen LogP contribution in [0.5, 0.6) is 0 Å². The summed E-state index contributed by atoms with van der Waals surface area (Å²) in [5.41, 5.74) is 2.60. The predicted molar refractivity (Wildman–Crippen MR) is 84.3 cm³/mol. The highest BCUT2D eigenvalue weighted by Crippen LogP contribution is 2.26. The second-order valence-corrected chi connectivity index (χ2v) is 5.40. The molecular formula is C17H22ClNO. The van der Waals surface area contributed by atoms with Crippen LogP contribution in [-0.2, 0) is 6.42 Å². The van der Waals surface area contributed by atoms with Gasteiger partial charge < -0.3 is 9.73 Å². The highest BCUT2D eigenvalue weighted by Gasteiger charge is 2.17. The molecule has 0 aliphatic heterocycles. The molecule has 2 aromatic rings. The molecule has 1 unspecified atom stereocenters. The molecule has 0 fully saturated rings. The second-order valence-electron chi connectivity index (χ2n) is 5.02. The van der Waals surface area contributed by atoms with Crippen LogP contribution in [0, 0.1) is 0 Å². The first-order chi connectivity index (χ1) is 9.74. The Morgan fingerprint density at radius 2 is 2.00 bits per heavy atom. The van der Waals surface area contributed by atoms with Gasteiger partial charge in [-0.3, -0.25) is 0 Å². The summed E-state index contributed by atoms with van der Waals surface area (Å²) in [5.74, 6) is 0.872. The van der Waals surface area contributed by atoms with Gasteiger partial charge in [-0.1, -0.05) is 44.5 Å². The molecule has 0 radical (unpaired) electrons. The fourth-order valence-electron chi connectivity index (χ4n) is 2.37. The van der Waals surface area contributed by atoms with E-state index < -0.39 is 0 Å². The van der Waals surface area contributed by atoms with E-state index in [1.807, 2.05) is 6.07 Å². The predicted octanol–water partition coefficient (Wildman–Crippen LogP) is 4.97. The summed E-state index contributed by atoms with van der Waals surface area (Å²) >= 11 is 5.91. The topological polar surface area (TPSA) is 25.2 Å². The Hall–Kier alpha value is -1.25. The summed E-state index contributed by atoms with van der Waals surface area (Å²) in [5, 5.41) is 3.97. The molecule has 0 saturated heterocycles. The van der Waals surface area contributed by atoms with Crippen molar-refractivity contribution in [1.29, 1.82) is 0 Å². The number of nitrogens with one attached hydrogen (secondary N) is 1. The van der Waals surface area contributed by atoms with Gasteiger partial charge in [0.25, 0.3) is 0 Å². The molecule has 20 heavy (non-hydrogen) atoms. The van der Waals surface area contributed by atoms with Crippen molar-refractivity contribution in [1.82, 2.24) is 5.32 Å². The largest absolute Gasteiger partial charge is 0.448 e. The molecule has 1 aromatic heterocycles. The molecule has 1 heterocycles. The highest BCUT2D eigenvalue weighted by molar-refractivity contribution is 6.28. The fourth-order valence-corrected chi connectivity index (χ4v) is 2.52. The van der Waals surface area contributed by atoms with E-state index in [2.05, 4.69) is 43.4 Å². The van der Waals surface area contributed by atoms with Crippen LogP contribution in [0.4, 0.5) is 0 Å². The van der Waals surface area contributed by atoms with Gasteiger partial charge in [-0.25, -0.2) is 0 Å². The monoisotopic (exact) mass is 291 g/mol. The summed E-state index contributed by atoms with van der Waals surface area (Å²) in [7, 11) is 0. The molecule has 0 spiro atoms. The number of furan rings is 1. The summed E-state index contributed by atoms with van der Waals surface area (Å²) in [6.45, 7) is 5.31. The van der Waals surface area contributed by atoms with Gasteiger partial charge in [-0.15, -0.1) is 0 Å². The van der Waals surface area contributed by atoms with Crippen molar-refractivity contribution in [3.05, 3.63) is 58.5 Å². The highest BCUT2D eigenvalue weighted by atomic mass is 35.5. The number of hydrogen-bond acceptors (Lipinski definition) is 2. The Bertz CT molecular complexity index is 535. The maximum absolute atomic E-state index is 5.91. The lowest BCUT2D eigenvalue weighted by Gasteiger charge is -2.17. The molecule has 108 valence electrons. The van der Waals surface area contributed by atoms with Gasteiger partial charge in [0.05, 0.1) is 6.04 Å². The molecule has 1 atom stereocenters. The summed E-state index contributed by atoms with van der Waals surface area (Å²) < 4.78 is 5.60. The fraction of sp³-hybridized carbons (Fsp3) is 0.412. The summed E-state index contributed by atoms with van der Waals surface area (Å²) in [4.78, 5) is 0. The van der Waals surface area contributed by atoms with E-state index in [1.165, 1.54) is 11.1 Å². The molecule has 1 N–H and O–H groups in total. The Labute approximate surface area is 126 Å². The lowest BCUT2D eigenvalue weighted by Crippen LogP contribution is -2.22. The second kappa shape index (κ2) is 7.51. The molecular weight excluding hydrogens is 270 g/mol. The average molecular weight is 292 g/mol. The minimum absolute atomic E-state index is 0.0688. The van der Waals surface area contributed by atoms with E-state index in [9.17, 15) is 0 Å². The maximum Gasteiger partial charge on any atom is 0.193 e. The van der Waals surface area contributed by atoms with Crippen LogP contribution in [0.3, 0.4) is 0 Å². The third-order valence-electron chi connectivity index (χ3n) is 3.30. The zero-order valence-corrected chi connectivity index (χ0v) is 12.9. The number of rotatable bonds is 7. The van der Waals surface area contributed by atoms with Crippen LogP contribution in [0.25, 0.3) is 0 Å². The van der Waals surface area contributed by atoms with Crippen molar-refractivity contribution in [3.63, 3.8) is 0 Å². The molecule has 0 saturated carbocycles. The SMILES string of the molecule is CCCNC(c1cccc(CCC)c1)c1ccc(Cl)o1. The molecule has 0 aliphatic rings. The first-order valence-electron chi connectivity index (χ1n) is 7.32. The first kappa shape index (κ1) is 15.1. The Kier molecular flexibility index (Phi) is 5.69. The third kappa shape index (κ3) is 3.87. The summed E-state index contributed by atoms with van der Waals surface area (Å²) in [6, 6.07) is 12.5. The van der Waals surface area contributed by atoms with Crippen LogP contribution in [0.2, 0.25) is 5.22 Å². The molecule has 2 rings (SSSR count). The zero-order valence-electron chi connectivity index (χ0n) is 12.2. The zero-order chi connectivity index (χ0) is 14.4. The normalized spacial score (nSPS) is 12.6. The van der Waals surface area contributed by atoms with Gasteiger partial charge in [0.15, 0.2) is 5.22 Å². The van der Waals surface area contributed by atoms with Crippen LogP contribution >= 0.6 is 11.6 Å². The van der Waals surface area contributed by atoms with E-state index in [1.54, 1.807) is 6.07 Å². The van der Waals surface area contributed by atoms with Crippen LogP contribution in [0.1, 0.15) is 49.6 Å². The molecule has 0 amide bonds. The number of aryl methyl sites for hydroxylation is 1. The van der Waals surface area contributed by atoms with Gasteiger partial charge in [0, 0.05) is 0 Å². The minimum Gasteiger partial charge on any atom is -0.448 e. The number of hydrogen-bond donors (Lipinski definition) is 1. The number of benzene rings is 1. The van der Waals surface area contributed by atoms with Crippen LogP contribution in [0.15, 0.2) is 40.8 Å². The molecule has 0 aliphatic carbocycles. The average Bonchev–Trinajstić information content (AvgIpc) is 2.87. The first-order valence-corrected chi connectivity index (χ1v) is 7.69. The van der Waals surface area contributed by atoms with E-state index in [0.717, 1.165) is 31.6 Å².